The van der Waals surface area contributed by atoms with Crippen LogP contribution in [-0.4, -0.2) is 43.2 Å². The normalized spacial score (nSPS) is 16.4. The molecule has 1 aliphatic carbocycles. The molecule has 1 N–H and O–H groups in total. The molecule has 1 aromatic carbocycles. The number of benzene rings is 1. The summed E-state index contributed by atoms with van der Waals surface area (Å²) in [6.07, 6.45) is 2.56. The first-order valence-corrected chi connectivity index (χ1v) is 6.61. The Morgan fingerprint density at radius 3 is 2.47 bits per heavy atom. The third kappa shape index (κ3) is 3.47. The number of carboxylic acid groups (broad SMARTS) is 1. The maximum Gasteiger partial charge on any atom is 0.310 e. The molecular formula is C15H21NO3. The summed E-state index contributed by atoms with van der Waals surface area (Å²) < 4.78 is 5.12. The van der Waals surface area contributed by atoms with Gasteiger partial charge in [-0.2, -0.15) is 0 Å². The molecule has 0 aliphatic heterocycles. The fourth-order valence-corrected chi connectivity index (χ4v) is 2.30. The highest BCUT2D eigenvalue weighted by Crippen LogP contribution is 2.46. The molecule has 2 rings (SSSR count). The number of ether oxygens (including phenoxy) is 1. The smallest absolute Gasteiger partial charge is 0.310 e. The van der Waals surface area contributed by atoms with Crippen molar-refractivity contribution in [2.45, 2.75) is 19.3 Å². The van der Waals surface area contributed by atoms with Gasteiger partial charge in [0.05, 0.1) is 12.5 Å². The molecule has 0 bridgehead atoms. The lowest BCUT2D eigenvalue weighted by atomic mass is 10.1. The molecule has 0 atom stereocenters. The van der Waals surface area contributed by atoms with Crippen LogP contribution in [-0.2, 0) is 11.2 Å². The van der Waals surface area contributed by atoms with Gasteiger partial charge in [-0.25, -0.2) is 0 Å². The largest absolute Gasteiger partial charge is 0.497 e. The number of hydrogen-bond donors (Lipinski definition) is 1. The second-order valence-corrected chi connectivity index (χ2v) is 5.42. The summed E-state index contributed by atoms with van der Waals surface area (Å²) >= 11 is 0. The third-order valence-electron chi connectivity index (χ3n) is 3.82. The number of methoxy groups -OCH3 is 1. The van der Waals surface area contributed by atoms with Crippen molar-refractivity contribution < 1.29 is 14.6 Å². The molecule has 0 spiro atoms. The van der Waals surface area contributed by atoms with E-state index in [1.54, 1.807) is 7.11 Å². The monoisotopic (exact) mass is 263 g/mol. The van der Waals surface area contributed by atoms with Crippen LogP contribution in [0.25, 0.3) is 0 Å². The van der Waals surface area contributed by atoms with Crippen molar-refractivity contribution in [2.75, 3.05) is 27.2 Å². The number of hydrogen-bond acceptors (Lipinski definition) is 3. The quantitative estimate of drug-likeness (QED) is 0.818. The van der Waals surface area contributed by atoms with Crippen LogP contribution in [0.5, 0.6) is 5.75 Å². The Morgan fingerprint density at radius 2 is 2.00 bits per heavy atom. The minimum absolute atomic E-state index is 0.464. The minimum Gasteiger partial charge on any atom is -0.497 e. The highest BCUT2D eigenvalue weighted by molar-refractivity contribution is 5.78. The van der Waals surface area contributed by atoms with Gasteiger partial charge in [-0.05, 0) is 44.0 Å². The van der Waals surface area contributed by atoms with Crippen molar-refractivity contribution in [3.8, 4) is 5.75 Å². The molecule has 1 saturated carbocycles. The maximum atomic E-state index is 11.1. The van der Waals surface area contributed by atoms with Crippen LogP contribution in [0.1, 0.15) is 18.4 Å². The van der Waals surface area contributed by atoms with Crippen molar-refractivity contribution in [2.24, 2.45) is 5.41 Å². The predicted octanol–water partition coefficient (Wildman–Crippen LogP) is 2.03. The summed E-state index contributed by atoms with van der Waals surface area (Å²) in [6.45, 7) is 1.53. The van der Waals surface area contributed by atoms with Crippen molar-refractivity contribution in [1.29, 1.82) is 0 Å². The zero-order valence-electron chi connectivity index (χ0n) is 11.6. The fourth-order valence-electron chi connectivity index (χ4n) is 2.30. The van der Waals surface area contributed by atoms with Gasteiger partial charge in [0, 0.05) is 13.1 Å². The van der Waals surface area contributed by atoms with E-state index in [0.29, 0.717) is 6.54 Å². The van der Waals surface area contributed by atoms with E-state index in [1.807, 2.05) is 19.2 Å². The summed E-state index contributed by atoms with van der Waals surface area (Å²) in [4.78, 5) is 13.2. The minimum atomic E-state index is -0.649. The number of carbonyl (C=O) groups is 1. The summed E-state index contributed by atoms with van der Waals surface area (Å²) in [5.74, 6) is 0.212. The number of aliphatic carboxylic acids is 1. The second kappa shape index (κ2) is 5.61. The Morgan fingerprint density at radius 1 is 1.37 bits per heavy atom. The van der Waals surface area contributed by atoms with Crippen molar-refractivity contribution in [3.05, 3.63) is 29.8 Å². The molecule has 0 aromatic heterocycles. The van der Waals surface area contributed by atoms with Crippen LogP contribution in [0.15, 0.2) is 24.3 Å². The molecule has 4 heteroatoms. The Labute approximate surface area is 114 Å². The fraction of sp³-hybridized carbons (Fsp3) is 0.533. The van der Waals surface area contributed by atoms with E-state index in [4.69, 9.17) is 9.84 Å². The molecule has 19 heavy (non-hydrogen) atoms. The van der Waals surface area contributed by atoms with E-state index in [-0.39, 0.29) is 0 Å². The van der Waals surface area contributed by atoms with Crippen molar-refractivity contribution in [3.63, 3.8) is 0 Å². The van der Waals surface area contributed by atoms with E-state index in [0.717, 1.165) is 31.6 Å². The molecule has 0 unspecified atom stereocenters. The molecular weight excluding hydrogens is 242 g/mol. The number of likely N-dealkylation sites (N-methyl/N-ethyl adjacent to an activating group) is 1. The number of carboxylic acids is 1. The molecule has 104 valence electrons. The zero-order valence-corrected chi connectivity index (χ0v) is 11.6. The Bertz CT molecular complexity index is 437. The van der Waals surface area contributed by atoms with Gasteiger partial charge in [-0.3, -0.25) is 4.79 Å². The van der Waals surface area contributed by atoms with E-state index in [2.05, 4.69) is 17.0 Å². The average molecular weight is 263 g/mol. The van der Waals surface area contributed by atoms with Crippen LogP contribution >= 0.6 is 0 Å². The number of rotatable bonds is 7. The van der Waals surface area contributed by atoms with Gasteiger partial charge >= 0.3 is 5.97 Å². The molecule has 0 radical (unpaired) electrons. The van der Waals surface area contributed by atoms with Gasteiger partial charge in [0.15, 0.2) is 0 Å². The van der Waals surface area contributed by atoms with Crippen LogP contribution in [0, 0.1) is 5.41 Å². The summed E-state index contributed by atoms with van der Waals surface area (Å²) in [7, 11) is 3.65. The van der Waals surface area contributed by atoms with Gasteiger partial charge in [-0.15, -0.1) is 0 Å². The van der Waals surface area contributed by atoms with E-state index in [9.17, 15) is 4.79 Å². The lowest BCUT2D eigenvalue weighted by Gasteiger charge is -2.20. The molecule has 0 saturated heterocycles. The van der Waals surface area contributed by atoms with Crippen LogP contribution in [0.3, 0.4) is 0 Å². The van der Waals surface area contributed by atoms with Crippen LogP contribution < -0.4 is 4.74 Å². The van der Waals surface area contributed by atoms with Crippen LogP contribution in [0.2, 0.25) is 0 Å². The van der Waals surface area contributed by atoms with Gasteiger partial charge in [0.1, 0.15) is 5.75 Å². The van der Waals surface area contributed by atoms with E-state index < -0.39 is 11.4 Å². The highest BCUT2D eigenvalue weighted by Gasteiger charge is 2.50. The molecule has 1 aliphatic rings. The zero-order chi connectivity index (χ0) is 13.9. The van der Waals surface area contributed by atoms with Crippen LogP contribution in [0.4, 0.5) is 0 Å². The average Bonchev–Trinajstić information content (AvgIpc) is 3.18. The first kappa shape index (κ1) is 13.9. The van der Waals surface area contributed by atoms with Gasteiger partial charge in [-0.1, -0.05) is 12.1 Å². The molecule has 0 amide bonds. The SMILES string of the molecule is COc1ccc(CCN(C)CC2(C(=O)O)CC2)cc1. The first-order chi connectivity index (χ1) is 9.05. The van der Waals surface area contributed by atoms with E-state index >= 15 is 0 Å². The summed E-state index contributed by atoms with van der Waals surface area (Å²) in [6, 6.07) is 8.01. The van der Waals surface area contributed by atoms with Gasteiger partial charge in [0.25, 0.3) is 0 Å². The maximum absolute atomic E-state index is 11.1. The third-order valence-corrected chi connectivity index (χ3v) is 3.82. The van der Waals surface area contributed by atoms with E-state index in [1.165, 1.54) is 5.56 Å². The lowest BCUT2D eigenvalue weighted by Crippen LogP contribution is -2.33. The standard InChI is InChI=1S/C15H21NO3/c1-16(11-15(8-9-15)14(17)18)10-7-12-3-5-13(19-2)6-4-12/h3-6H,7-11H2,1-2H3,(H,17,18). The van der Waals surface area contributed by atoms with Gasteiger partial charge in [0.2, 0.25) is 0 Å². The second-order valence-electron chi connectivity index (χ2n) is 5.42. The molecule has 4 nitrogen and oxygen atoms in total. The molecule has 0 heterocycles. The van der Waals surface area contributed by atoms with Crippen molar-refractivity contribution in [1.82, 2.24) is 4.90 Å². The Balaban J connectivity index is 1.80. The van der Waals surface area contributed by atoms with Crippen molar-refractivity contribution >= 4 is 5.97 Å². The predicted molar refractivity (Wildman–Crippen MR) is 73.5 cm³/mol. The topological polar surface area (TPSA) is 49.8 Å². The summed E-state index contributed by atoms with van der Waals surface area (Å²) in [5.41, 5.74) is 0.780. The summed E-state index contributed by atoms with van der Waals surface area (Å²) in [5, 5.41) is 9.16. The lowest BCUT2D eigenvalue weighted by molar-refractivity contribution is -0.144. The van der Waals surface area contributed by atoms with Gasteiger partial charge < -0.3 is 14.7 Å². The Kier molecular flexibility index (Phi) is 4.10. The number of nitrogens with zero attached hydrogens (tertiary/aromatic N) is 1. The first-order valence-electron chi connectivity index (χ1n) is 6.61. The molecule has 1 aromatic rings. The Hall–Kier alpha value is -1.55. The highest BCUT2D eigenvalue weighted by atomic mass is 16.5. The molecule has 1 fully saturated rings.